The summed E-state index contributed by atoms with van der Waals surface area (Å²) in [6, 6.07) is 18.5. The number of piperidine rings is 1. The minimum absolute atomic E-state index is 0.0990. The lowest BCUT2D eigenvalue weighted by molar-refractivity contribution is -0.0755. The van der Waals surface area contributed by atoms with E-state index in [9.17, 15) is 9.59 Å². The number of carbonyl (C=O) groups is 2. The van der Waals surface area contributed by atoms with Crippen molar-refractivity contribution in [3.8, 4) is 5.88 Å². The average molecular weight is 447 g/mol. The molecule has 7 heteroatoms. The van der Waals surface area contributed by atoms with Gasteiger partial charge in [0.25, 0.3) is 0 Å². The predicted octanol–water partition coefficient (Wildman–Crippen LogP) is 4.24. The van der Waals surface area contributed by atoms with Crippen LogP contribution in [-0.2, 0) is 16.1 Å². The van der Waals surface area contributed by atoms with Crippen molar-refractivity contribution in [1.29, 1.82) is 0 Å². The van der Waals surface area contributed by atoms with Crippen molar-refractivity contribution in [2.24, 2.45) is 5.92 Å². The van der Waals surface area contributed by atoms with Crippen LogP contribution in [0.3, 0.4) is 0 Å². The Bertz CT molecular complexity index is 1150. The Hall–Kier alpha value is -3.45. The second-order valence-electron chi connectivity index (χ2n) is 8.59. The molecule has 7 nitrogen and oxygen atoms in total. The molecule has 2 bridgehead atoms. The summed E-state index contributed by atoms with van der Waals surface area (Å²) >= 11 is 0. The van der Waals surface area contributed by atoms with Crippen LogP contribution in [0.15, 0.2) is 60.7 Å². The van der Waals surface area contributed by atoms with Gasteiger partial charge in [-0.1, -0.05) is 30.3 Å². The fourth-order valence-corrected chi connectivity index (χ4v) is 4.83. The van der Waals surface area contributed by atoms with Crippen LogP contribution in [0.25, 0.3) is 10.9 Å². The number of methoxy groups -OCH3 is 1. The van der Waals surface area contributed by atoms with Gasteiger partial charge in [-0.2, -0.15) is 0 Å². The van der Waals surface area contributed by atoms with Crippen LogP contribution < -0.4 is 4.74 Å². The number of rotatable bonds is 5. The zero-order chi connectivity index (χ0) is 22.8. The van der Waals surface area contributed by atoms with E-state index in [1.807, 2.05) is 54.6 Å². The van der Waals surface area contributed by atoms with E-state index < -0.39 is 0 Å². The van der Waals surface area contributed by atoms with Gasteiger partial charge in [-0.05, 0) is 42.7 Å². The number of ketones is 1. The molecule has 170 valence electrons. The number of Topliss-reactive ketones (excluding diaryl/α,β-unsaturated/α-hetero) is 1. The largest absolute Gasteiger partial charge is 0.481 e. The van der Waals surface area contributed by atoms with Gasteiger partial charge >= 0.3 is 6.09 Å². The van der Waals surface area contributed by atoms with E-state index in [0.29, 0.717) is 37.5 Å². The van der Waals surface area contributed by atoms with Gasteiger partial charge < -0.3 is 14.2 Å². The molecule has 1 amide bonds. The van der Waals surface area contributed by atoms with Crippen molar-refractivity contribution in [2.45, 2.75) is 31.5 Å². The number of carbonyl (C=O) groups excluding carboxylic acids is 2. The average Bonchev–Trinajstić information content (AvgIpc) is 2.86. The monoisotopic (exact) mass is 446 g/mol. The minimum atomic E-state index is -0.339. The summed E-state index contributed by atoms with van der Waals surface area (Å²) in [7, 11) is 1.58. The first kappa shape index (κ1) is 21.4. The number of pyridine rings is 1. The van der Waals surface area contributed by atoms with E-state index in [-0.39, 0.29) is 36.5 Å². The highest BCUT2D eigenvalue weighted by molar-refractivity contribution is 6.01. The second-order valence-corrected chi connectivity index (χ2v) is 8.59. The van der Waals surface area contributed by atoms with Crippen molar-refractivity contribution in [3.05, 3.63) is 71.8 Å². The maximum Gasteiger partial charge on any atom is 0.410 e. The number of hydrogen-bond donors (Lipinski definition) is 0. The SMILES string of the molecule is COc1ccc2cc(C(=O)C3CC4COCC(C3)N4C(=O)OCc3ccccc3)ccc2n1. The van der Waals surface area contributed by atoms with Crippen LogP contribution in [0.1, 0.15) is 28.8 Å². The summed E-state index contributed by atoms with van der Waals surface area (Å²) in [5.74, 6) is 0.480. The topological polar surface area (TPSA) is 78.0 Å². The molecule has 0 N–H and O–H groups in total. The first-order valence-electron chi connectivity index (χ1n) is 11.2. The van der Waals surface area contributed by atoms with Crippen LogP contribution in [-0.4, -0.2) is 54.2 Å². The summed E-state index contributed by atoms with van der Waals surface area (Å²) in [6.07, 6.45) is 0.789. The lowest BCUT2D eigenvalue weighted by Crippen LogP contribution is -2.59. The third-order valence-corrected chi connectivity index (χ3v) is 6.46. The maximum absolute atomic E-state index is 13.4. The Labute approximate surface area is 192 Å². The second kappa shape index (κ2) is 9.19. The number of amides is 1. The van der Waals surface area contributed by atoms with Gasteiger partial charge in [-0.15, -0.1) is 0 Å². The molecule has 33 heavy (non-hydrogen) atoms. The first-order valence-corrected chi connectivity index (χ1v) is 11.2. The molecule has 5 rings (SSSR count). The molecule has 3 heterocycles. The van der Waals surface area contributed by atoms with Crippen LogP contribution >= 0.6 is 0 Å². The lowest BCUT2D eigenvalue weighted by atomic mass is 9.80. The number of nitrogens with zero attached hydrogens (tertiary/aromatic N) is 2. The highest BCUT2D eigenvalue weighted by atomic mass is 16.6. The van der Waals surface area contributed by atoms with Gasteiger partial charge in [-0.25, -0.2) is 9.78 Å². The molecule has 2 aliphatic heterocycles. The van der Waals surface area contributed by atoms with Crippen molar-refractivity contribution >= 4 is 22.8 Å². The van der Waals surface area contributed by atoms with Gasteiger partial charge in [0.05, 0.1) is 37.9 Å². The fraction of sp³-hybridized carbons (Fsp3) is 0.346. The van der Waals surface area contributed by atoms with Crippen molar-refractivity contribution in [1.82, 2.24) is 9.88 Å². The molecule has 3 aromatic rings. The Kier molecular flexibility index (Phi) is 5.96. The van der Waals surface area contributed by atoms with Gasteiger partial charge in [0, 0.05) is 22.9 Å². The highest BCUT2D eigenvalue weighted by Crippen LogP contribution is 2.34. The fourth-order valence-electron chi connectivity index (χ4n) is 4.83. The molecular formula is C26H26N2O5. The van der Waals surface area contributed by atoms with Gasteiger partial charge in [0.15, 0.2) is 5.78 Å². The van der Waals surface area contributed by atoms with Gasteiger partial charge in [0.2, 0.25) is 5.88 Å². The van der Waals surface area contributed by atoms with E-state index in [1.54, 1.807) is 18.1 Å². The quantitative estimate of drug-likeness (QED) is 0.546. The minimum Gasteiger partial charge on any atom is -0.481 e. The van der Waals surface area contributed by atoms with E-state index in [4.69, 9.17) is 14.2 Å². The molecule has 2 unspecified atom stereocenters. The van der Waals surface area contributed by atoms with Gasteiger partial charge in [-0.3, -0.25) is 9.69 Å². The van der Waals surface area contributed by atoms with Crippen LogP contribution in [0, 0.1) is 5.92 Å². The zero-order valence-corrected chi connectivity index (χ0v) is 18.5. The molecule has 0 aliphatic carbocycles. The van der Waals surface area contributed by atoms with E-state index >= 15 is 0 Å². The molecule has 2 atom stereocenters. The standard InChI is InChI=1S/C26H26N2O5/c1-31-24-10-8-18-11-19(7-9-23(18)27-24)25(29)20-12-21-15-32-16-22(13-20)28(21)26(30)33-14-17-5-3-2-4-6-17/h2-11,20-22H,12-16H2,1H3. The van der Waals surface area contributed by atoms with E-state index in [0.717, 1.165) is 16.5 Å². The number of benzene rings is 2. The molecule has 0 saturated carbocycles. The molecule has 0 spiro atoms. The molecule has 2 fully saturated rings. The number of hydrogen-bond acceptors (Lipinski definition) is 6. The van der Waals surface area contributed by atoms with Crippen molar-refractivity contribution in [3.63, 3.8) is 0 Å². The van der Waals surface area contributed by atoms with Crippen LogP contribution in [0.5, 0.6) is 5.88 Å². The molecule has 2 aliphatic rings. The lowest BCUT2D eigenvalue weighted by Gasteiger charge is -2.47. The Morgan fingerprint density at radius 3 is 2.52 bits per heavy atom. The first-order chi connectivity index (χ1) is 16.1. The smallest absolute Gasteiger partial charge is 0.410 e. The predicted molar refractivity (Wildman–Crippen MR) is 122 cm³/mol. The summed E-state index contributed by atoms with van der Waals surface area (Å²) in [6.45, 7) is 1.07. The third kappa shape index (κ3) is 4.41. The van der Waals surface area contributed by atoms with Crippen molar-refractivity contribution < 1.29 is 23.8 Å². The summed E-state index contributed by atoms with van der Waals surface area (Å²) in [5, 5.41) is 0.895. The van der Waals surface area contributed by atoms with Crippen LogP contribution in [0.4, 0.5) is 4.79 Å². The Morgan fingerprint density at radius 1 is 1.03 bits per heavy atom. The summed E-state index contributed by atoms with van der Waals surface area (Å²) < 4.78 is 16.5. The Morgan fingerprint density at radius 2 is 1.79 bits per heavy atom. The van der Waals surface area contributed by atoms with Crippen molar-refractivity contribution in [2.75, 3.05) is 20.3 Å². The maximum atomic E-state index is 13.4. The number of aromatic nitrogens is 1. The summed E-state index contributed by atoms with van der Waals surface area (Å²) in [5.41, 5.74) is 2.39. The van der Waals surface area contributed by atoms with Crippen LogP contribution in [0.2, 0.25) is 0 Å². The van der Waals surface area contributed by atoms with Gasteiger partial charge in [0.1, 0.15) is 6.61 Å². The van der Waals surface area contributed by atoms with E-state index in [2.05, 4.69) is 4.98 Å². The molecule has 2 saturated heterocycles. The zero-order valence-electron chi connectivity index (χ0n) is 18.5. The summed E-state index contributed by atoms with van der Waals surface area (Å²) in [4.78, 5) is 32.4. The normalized spacial score (nSPS) is 22.1. The third-order valence-electron chi connectivity index (χ3n) is 6.46. The molecule has 2 aromatic carbocycles. The highest BCUT2D eigenvalue weighted by Gasteiger charge is 2.44. The molecular weight excluding hydrogens is 420 g/mol. The number of fused-ring (bicyclic) bond motifs is 3. The molecule has 1 aromatic heterocycles. The molecule has 0 radical (unpaired) electrons. The van der Waals surface area contributed by atoms with E-state index in [1.165, 1.54) is 0 Å². The number of morpholine rings is 1. The number of ether oxygens (including phenoxy) is 3. The Balaban J connectivity index is 1.28.